The van der Waals surface area contributed by atoms with Crippen LogP contribution in [0.15, 0.2) is 24.4 Å². The summed E-state index contributed by atoms with van der Waals surface area (Å²) in [4.78, 5) is 12.9. The van der Waals surface area contributed by atoms with Crippen molar-refractivity contribution in [3.05, 3.63) is 41.5 Å². The second-order valence-electron chi connectivity index (χ2n) is 4.11. The first kappa shape index (κ1) is 14.2. The topological polar surface area (TPSA) is 95.2 Å². The maximum absolute atomic E-state index is 5.64. The van der Waals surface area contributed by atoms with Gasteiger partial charge in [0, 0.05) is 5.69 Å². The molecule has 7 heteroatoms. The molecule has 2 aromatic rings. The molecule has 0 aliphatic carbocycles. The maximum atomic E-state index is 5.64. The Kier molecular flexibility index (Phi) is 4.44. The second kappa shape index (κ2) is 6.27. The quantitative estimate of drug-likeness (QED) is 0.614. The molecule has 1 atom stereocenters. The highest BCUT2D eigenvalue weighted by Gasteiger charge is 2.21. The number of nitrogens with zero attached hydrogens (tertiary/aromatic N) is 3. The van der Waals surface area contributed by atoms with Gasteiger partial charge in [-0.05, 0) is 19.1 Å². The van der Waals surface area contributed by atoms with Crippen molar-refractivity contribution in [2.45, 2.75) is 13.0 Å². The molecule has 0 aliphatic heterocycles. The summed E-state index contributed by atoms with van der Waals surface area (Å²) in [7, 11) is 3.04. The fourth-order valence-corrected chi connectivity index (χ4v) is 1.84. The van der Waals surface area contributed by atoms with Gasteiger partial charge in [0.2, 0.25) is 11.8 Å². The SMILES string of the molecule is COc1cnc(C(NN)c2cccc(C)n2)c(OC)n1. The number of hydrogen-bond acceptors (Lipinski definition) is 7. The number of methoxy groups -OCH3 is 2. The lowest BCUT2D eigenvalue weighted by Crippen LogP contribution is -2.30. The van der Waals surface area contributed by atoms with Gasteiger partial charge in [0.1, 0.15) is 11.7 Å². The smallest absolute Gasteiger partial charge is 0.240 e. The maximum Gasteiger partial charge on any atom is 0.240 e. The van der Waals surface area contributed by atoms with Crippen molar-refractivity contribution in [1.29, 1.82) is 0 Å². The lowest BCUT2D eigenvalue weighted by atomic mass is 10.1. The Balaban J connectivity index is 2.46. The molecular weight excluding hydrogens is 258 g/mol. The summed E-state index contributed by atoms with van der Waals surface area (Å²) >= 11 is 0. The van der Waals surface area contributed by atoms with E-state index < -0.39 is 6.04 Å². The van der Waals surface area contributed by atoms with Crippen molar-refractivity contribution in [2.24, 2.45) is 5.84 Å². The number of hydrogen-bond donors (Lipinski definition) is 2. The van der Waals surface area contributed by atoms with Crippen LogP contribution in [0.2, 0.25) is 0 Å². The standard InChI is InChI=1S/C13H17N5O2/c1-8-5-4-6-9(16-8)11(18-14)12-13(20-3)17-10(19-2)7-15-12/h4-7,11,18H,14H2,1-3H3. The first-order chi connectivity index (χ1) is 9.69. The van der Waals surface area contributed by atoms with E-state index in [1.54, 1.807) is 0 Å². The molecule has 2 aromatic heterocycles. The largest absolute Gasteiger partial charge is 0.480 e. The van der Waals surface area contributed by atoms with E-state index >= 15 is 0 Å². The van der Waals surface area contributed by atoms with Crippen LogP contribution >= 0.6 is 0 Å². The Morgan fingerprint density at radius 1 is 1.20 bits per heavy atom. The van der Waals surface area contributed by atoms with Gasteiger partial charge in [-0.25, -0.2) is 10.4 Å². The first-order valence-corrected chi connectivity index (χ1v) is 6.04. The summed E-state index contributed by atoms with van der Waals surface area (Å²) in [6, 6.07) is 5.27. The van der Waals surface area contributed by atoms with Gasteiger partial charge in [-0.3, -0.25) is 10.8 Å². The fourth-order valence-electron chi connectivity index (χ4n) is 1.84. The molecular formula is C13H17N5O2. The van der Waals surface area contributed by atoms with E-state index in [1.807, 2.05) is 25.1 Å². The van der Waals surface area contributed by atoms with Gasteiger partial charge >= 0.3 is 0 Å². The predicted octanol–water partition coefficient (Wildman–Crippen LogP) is 0.750. The molecule has 0 bridgehead atoms. The van der Waals surface area contributed by atoms with Gasteiger partial charge in [-0.1, -0.05) is 6.07 Å². The Hall–Kier alpha value is -2.25. The van der Waals surface area contributed by atoms with Gasteiger partial charge < -0.3 is 9.47 Å². The van der Waals surface area contributed by atoms with Crippen LogP contribution in [0.3, 0.4) is 0 Å². The number of nitrogens with two attached hydrogens (primary N) is 1. The van der Waals surface area contributed by atoms with Crippen LogP contribution in [0.1, 0.15) is 23.1 Å². The molecule has 0 fully saturated rings. The second-order valence-corrected chi connectivity index (χ2v) is 4.11. The number of pyridine rings is 1. The van der Waals surface area contributed by atoms with Crippen molar-refractivity contribution in [2.75, 3.05) is 14.2 Å². The summed E-state index contributed by atoms with van der Waals surface area (Å²) < 4.78 is 10.3. The fraction of sp³-hybridized carbons (Fsp3) is 0.308. The molecule has 0 aliphatic rings. The molecule has 2 rings (SSSR count). The Morgan fingerprint density at radius 3 is 2.60 bits per heavy atom. The van der Waals surface area contributed by atoms with E-state index in [-0.39, 0.29) is 0 Å². The normalized spacial score (nSPS) is 12.0. The number of ether oxygens (including phenoxy) is 2. The third-order valence-electron chi connectivity index (χ3n) is 2.79. The molecule has 0 radical (unpaired) electrons. The third-order valence-corrected chi connectivity index (χ3v) is 2.79. The average Bonchev–Trinajstić information content (AvgIpc) is 2.48. The van der Waals surface area contributed by atoms with Crippen LogP contribution in [0.4, 0.5) is 0 Å². The van der Waals surface area contributed by atoms with E-state index in [1.165, 1.54) is 20.4 Å². The Bertz CT molecular complexity index is 591. The zero-order valence-electron chi connectivity index (χ0n) is 11.6. The van der Waals surface area contributed by atoms with Crippen molar-refractivity contribution in [3.63, 3.8) is 0 Å². The summed E-state index contributed by atoms with van der Waals surface area (Å²) in [5.41, 5.74) is 4.87. The number of rotatable bonds is 5. The van der Waals surface area contributed by atoms with Crippen LogP contribution in [-0.2, 0) is 0 Å². The lowest BCUT2D eigenvalue weighted by Gasteiger charge is -2.17. The highest BCUT2D eigenvalue weighted by atomic mass is 16.5. The third kappa shape index (κ3) is 2.84. The van der Waals surface area contributed by atoms with E-state index in [0.717, 1.165) is 11.4 Å². The molecule has 106 valence electrons. The number of hydrazine groups is 1. The Labute approximate surface area is 117 Å². The molecule has 1 unspecified atom stereocenters. The van der Waals surface area contributed by atoms with Gasteiger partial charge in [-0.15, -0.1) is 0 Å². The lowest BCUT2D eigenvalue weighted by molar-refractivity contribution is 0.352. The highest BCUT2D eigenvalue weighted by molar-refractivity contribution is 5.31. The molecule has 2 heterocycles. The van der Waals surface area contributed by atoms with Crippen molar-refractivity contribution >= 4 is 0 Å². The summed E-state index contributed by atoms with van der Waals surface area (Å²) in [6.07, 6.45) is 1.51. The first-order valence-electron chi connectivity index (χ1n) is 6.04. The van der Waals surface area contributed by atoms with Gasteiger partial charge in [0.05, 0.1) is 26.1 Å². The molecule has 0 saturated carbocycles. The summed E-state index contributed by atoms with van der Waals surface area (Å²) in [6.45, 7) is 1.91. The van der Waals surface area contributed by atoms with Gasteiger partial charge in [0.25, 0.3) is 0 Å². The van der Waals surface area contributed by atoms with E-state index in [0.29, 0.717) is 17.5 Å². The summed E-state index contributed by atoms with van der Waals surface area (Å²) in [5.74, 6) is 6.35. The van der Waals surface area contributed by atoms with Crippen molar-refractivity contribution in [1.82, 2.24) is 20.4 Å². The summed E-state index contributed by atoms with van der Waals surface area (Å²) in [5, 5.41) is 0. The minimum atomic E-state index is -0.414. The van der Waals surface area contributed by atoms with E-state index in [2.05, 4.69) is 20.4 Å². The monoisotopic (exact) mass is 275 g/mol. The minimum absolute atomic E-state index is 0.343. The number of aryl methyl sites for hydroxylation is 1. The van der Waals surface area contributed by atoms with Crippen molar-refractivity contribution in [3.8, 4) is 11.8 Å². The zero-order chi connectivity index (χ0) is 14.5. The number of aromatic nitrogens is 3. The molecule has 20 heavy (non-hydrogen) atoms. The Morgan fingerprint density at radius 2 is 2.00 bits per heavy atom. The van der Waals surface area contributed by atoms with E-state index in [9.17, 15) is 0 Å². The van der Waals surface area contributed by atoms with Crippen LogP contribution in [0, 0.1) is 6.92 Å². The molecule has 0 amide bonds. The average molecular weight is 275 g/mol. The molecule has 7 nitrogen and oxygen atoms in total. The zero-order valence-corrected chi connectivity index (χ0v) is 11.6. The minimum Gasteiger partial charge on any atom is -0.480 e. The molecule has 0 saturated heterocycles. The molecule has 0 spiro atoms. The van der Waals surface area contributed by atoms with Crippen LogP contribution in [0.25, 0.3) is 0 Å². The van der Waals surface area contributed by atoms with Crippen LogP contribution < -0.4 is 20.7 Å². The van der Waals surface area contributed by atoms with Gasteiger partial charge in [0.15, 0.2) is 0 Å². The van der Waals surface area contributed by atoms with Gasteiger partial charge in [-0.2, -0.15) is 4.98 Å². The molecule has 0 aromatic carbocycles. The van der Waals surface area contributed by atoms with E-state index in [4.69, 9.17) is 15.3 Å². The van der Waals surface area contributed by atoms with Crippen molar-refractivity contribution < 1.29 is 9.47 Å². The van der Waals surface area contributed by atoms with Crippen LogP contribution in [0.5, 0.6) is 11.8 Å². The molecule has 3 N–H and O–H groups in total. The predicted molar refractivity (Wildman–Crippen MR) is 73.3 cm³/mol. The highest BCUT2D eigenvalue weighted by Crippen LogP contribution is 2.26. The number of nitrogens with one attached hydrogen (secondary N) is 1. The van der Waals surface area contributed by atoms with Crippen LogP contribution in [-0.4, -0.2) is 29.2 Å².